The Hall–Kier alpha value is -2.66. The van der Waals surface area contributed by atoms with Crippen LogP contribution in [-0.2, 0) is 4.79 Å². The van der Waals surface area contributed by atoms with Crippen LogP contribution < -0.4 is 14.2 Å². The zero-order valence-electron chi connectivity index (χ0n) is 15.6. The number of carboxylic acid groups (broad SMARTS) is 1. The van der Waals surface area contributed by atoms with Gasteiger partial charge in [-0.05, 0) is 48.4 Å². The van der Waals surface area contributed by atoms with Crippen molar-refractivity contribution in [1.82, 2.24) is 0 Å². The summed E-state index contributed by atoms with van der Waals surface area (Å²) in [5, 5.41) is 10.2. The van der Waals surface area contributed by atoms with Gasteiger partial charge in [0.05, 0.1) is 26.4 Å². The molecule has 0 aliphatic carbocycles. The molecule has 2 aromatic rings. The van der Waals surface area contributed by atoms with Crippen LogP contribution in [0.1, 0.15) is 30.9 Å². The van der Waals surface area contributed by atoms with Crippen molar-refractivity contribution in [3.63, 3.8) is 0 Å². The average molecular weight is 391 g/mol. The second kappa shape index (κ2) is 9.88. The van der Waals surface area contributed by atoms with Crippen molar-refractivity contribution < 1.29 is 24.1 Å². The second-order valence-electron chi connectivity index (χ2n) is 5.82. The molecule has 0 bridgehead atoms. The van der Waals surface area contributed by atoms with Gasteiger partial charge in [0.15, 0.2) is 11.5 Å². The van der Waals surface area contributed by atoms with Gasteiger partial charge in [0.1, 0.15) is 5.75 Å². The molecule has 0 aliphatic rings. The maximum atomic E-state index is 11.9. The van der Waals surface area contributed by atoms with Crippen LogP contribution in [0, 0.1) is 0 Å². The largest absolute Gasteiger partial charge is 0.493 e. The Labute approximate surface area is 164 Å². The Balaban J connectivity index is 2.49. The van der Waals surface area contributed by atoms with Crippen LogP contribution in [0.3, 0.4) is 0 Å². The smallest absolute Gasteiger partial charge is 0.336 e. The number of benzene rings is 2. The minimum Gasteiger partial charge on any atom is -0.493 e. The summed E-state index contributed by atoms with van der Waals surface area (Å²) in [7, 11) is 3.03. The first-order chi connectivity index (χ1) is 13.0. The van der Waals surface area contributed by atoms with Gasteiger partial charge in [-0.1, -0.05) is 31.0 Å². The van der Waals surface area contributed by atoms with Crippen molar-refractivity contribution in [2.75, 3.05) is 20.8 Å². The van der Waals surface area contributed by atoms with Gasteiger partial charge in [-0.2, -0.15) is 0 Å². The molecule has 1 N–H and O–H groups in total. The molecule has 144 valence electrons. The molecule has 27 heavy (non-hydrogen) atoms. The van der Waals surface area contributed by atoms with Crippen LogP contribution in [0.2, 0.25) is 5.02 Å². The van der Waals surface area contributed by atoms with E-state index < -0.39 is 5.97 Å². The van der Waals surface area contributed by atoms with Gasteiger partial charge in [0.2, 0.25) is 0 Å². The molecule has 0 amide bonds. The van der Waals surface area contributed by atoms with Gasteiger partial charge in [-0.15, -0.1) is 0 Å². The topological polar surface area (TPSA) is 65.0 Å². The van der Waals surface area contributed by atoms with E-state index in [4.69, 9.17) is 25.8 Å². The monoisotopic (exact) mass is 390 g/mol. The number of aliphatic carboxylic acids is 1. The minimum atomic E-state index is -1.07. The molecule has 0 aromatic heterocycles. The van der Waals surface area contributed by atoms with E-state index in [2.05, 4.69) is 6.92 Å². The number of rotatable bonds is 9. The number of ether oxygens (including phenoxy) is 3. The van der Waals surface area contributed by atoms with Crippen molar-refractivity contribution in [3.8, 4) is 17.2 Å². The van der Waals surface area contributed by atoms with Gasteiger partial charge in [-0.25, -0.2) is 4.79 Å². The first-order valence-electron chi connectivity index (χ1n) is 8.59. The molecule has 5 nitrogen and oxygen atoms in total. The normalized spacial score (nSPS) is 11.2. The van der Waals surface area contributed by atoms with E-state index in [1.807, 2.05) is 0 Å². The van der Waals surface area contributed by atoms with Crippen LogP contribution in [0.25, 0.3) is 11.6 Å². The lowest BCUT2D eigenvalue weighted by Gasteiger charge is -2.12. The summed E-state index contributed by atoms with van der Waals surface area (Å²) >= 11 is 6.11. The highest BCUT2D eigenvalue weighted by molar-refractivity contribution is 6.31. The zero-order valence-corrected chi connectivity index (χ0v) is 16.4. The summed E-state index contributed by atoms with van der Waals surface area (Å²) in [6.45, 7) is 2.63. The third kappa shape index (κ3) is 5.41. The fourth-order valence-electron chi connectivity index (χ4n) is 2.52. The summed E-state index contributed by atoms with van der Waals surface area (Å²) in [5.74, 6) is 0.499. The third-order valence-electron chi connectivity index (χ3n) is 3.95. The van der Waals surface area contributed by atoms with Crippen LogP contribution in [-0.4, -0.2) is 31.9 Å². The standard InChI is InChI=1S/C21H23ClO5/c1-4-5-10-27-18-9-7-16(22)11-15(18)12-17(21(23)24)14-6-8-19(25-2)20(13-14)26-3/h6-9,11-13H,4-5,10H2,1-3H3,(H,23,24)/b17-12-. The van der Waals surface area contributed by atoms with Gasteiger partial charge in [0, 0.05) is 10.6 Å². The number of hydrogen-bond acceptors (Lipinski definition) is 4. The number of unbranched alkanes of at least 4 members (excludes halogenated alkanes) is 1. The maximum Gasteiger partial charge on any atom is 0.336 e. The fourth-order valence-corrected chi connectivity index (χ4v) is 2.70. The fraction of sp³-hybridized carbons (Fsp3) is 0.286. The number of methoxy groups -OCH3 is 2. The molecule has 0 radical (unpaired) electrons. The second-order valence-corrected chi connectivity index (χ2v) is 6.25. The first kappa shape index (κ1) is 20.6. The molecule has 2 rings (SSSR count). The molecule has 0 unspecified atom stereocenters. The molecule has 0 atom stereocenters. The van der Waals surface area contributed by atoms with E-state index in [0.29, 0.717) is 40.0 Å². The van der Waals surface area contributed by atoms with Crippen molar-refractivity contribution in [1.29, 1.82) is 0 Å². The highest BCUT2D eigenvalue weighted by atomic mass is 35.5. The van der Waals surface area contributed by atoms with Crippen molar-refractivity contribution >= 4 is 29.2 Å². The molecule has 0 saturated carbocycles. The minimum absolute atomic E-state index is 0.0959. The van der Waals surface area contributed by atoms with E-state index in [1.54, 1.807) is 42.5 Å². The molecule has 0 aliphatic heterocycles. The Bertz CT molecular complexity index is 829. The Kier molecular flexibility index (Phi) is 7.55. The Morgan fingerprint density at radius 2 is 1.78 bits per heavy atom. The van der Waals surface area contributed by atoms with Crippen LogP contribution in [0.4, 0.5) is 0 Å². The summed E-state index contributed by atoms with van der Waals surface area (Å²) in [6, 6.07) is 10.1. The quantitative estimate of drug-likeness (QED) is 0.364. The molecule has 0 spiro atoms. The van der Waals surface area contributed by atoms with Crippen molar-refractivity contribution in [3.05, 3.63) is 52.5 Å². The molecule has 0 saturated heterocycles. The van der Waals surface area contributed by atoms with Crippen LogP contribution in [0.15, 0.2) is 36.4 Å². The lowest BCUT2D eigenvalue weighted by atomic mass is 10.0. The summed E-state index contributed by atoms with van der Waals surface area (Å²) in [5.41, 5.74) is 1.18. The Morgan fingerprint density at radius 3 is 2.41 bits per heavy atom. The summed E-state index contributed by atoms with van der Waals surface area (Å²) in [6.07, 6.45) is 3.47. The molecule has 2 aromatic carbocycles. The first-order valence-corrected chi connectivity index (χ1v) is 8.97. The number of carboxylic acids is 1. The molecule has 0 fully saturated rings. The number of hydrogen-bond donors (Lipinski definition) is 1. The summed E-state index contributed by atoms with van der Waals surface area (Å²) in [4.78, 5) is 11.9. The van der Waals surface area contributed by atoms with Gasteiger partial charge in [0.25, 0.3) is 0 Å². The molecule has 0 heterocycles. The van der Waals surface area contributed by atoms with E-state index in [0.717, 1.165) is 12.8 Å². The van der Waals surface area contributed by atoms with Gasteiger partial charge >= 0.3 is 5.97 Å². The van der Waals surface area contributed by atoms with E-state index in [9.17, 15) is 9.90 Å². The van der Waals surface area contributed by atoms with E-state index >= 15 is 0 Å². The zero-order chi connectivity index (χ0) is 19.8. The van der Waals surface area contributed by atoms with Gasteiger partial charge in [-0.3, -0.25) is 0 Å². The maximum absolute atomic E-state index is 11.9. The van der Waals surface area contributed by atoms with E-state index in [-0.39, 0.29) is 5.57 Å². The van der Waals surface area contributed by atoms with Crippen molar-refractivity contribution in [2.24, 2.45) is 0 Å². The van der Waals surface area contributed by atoms with Crippen LogP contribution in [0.5, 0.6) is 17.2 Å². The SMILES string of the molecule is CCCCOc1ccc(Cl)cc1/C=C(\C(=O)O)c1ccc(OC)c(OC)c1. The molecular formula is C21H23ClO5. The lowest BCUT2D eigenvalue weighted by Crippen LogP contribution is -2.02. The average Bonchev–Trinajstić information content (AvgIpc) is 2.67. The van der Waals surface area contributed by atoms with Gasteiger partial charge < -0.3 is 19.3 Å². The molecular weight excluding hydrogens is 368 g/mol. The lowest BCUT2D eigenvalue weighted by molar-refractivity contribution is -0.130. The predicted octanol–water partition coefficient (Wildman–Crippen LogP) is 5.16. The predicted molar refractivity (Wildman–Crippen MR) is 107 cm³/mol. The summed E-state index contributed by atoms with van der Waals surface area (Å²) < 4.78 is 16.3. The van der Waals surface area contributed by atoms with Crippen molar-refractivity contribution in [2.45, 2.75) is 19.8 Å². The van der Waals surface area contributed by atoms with Crippen LogP contribution >= 0.6 is 11.6 Å². The van der Waals surface area contributed by atoms with E-state index in [1.165, 1.54) is 14.2 Å². The molecule has 6 heteroatoms. The highest BCUT2D eigenvalue weighted by Gasteiger charge is 2.15. The third-order valence-corrected chi connectivity index (χ3v) is 4.19. The number of carbonyl (C=O) groups is 1. The highest BCUT2D eigenvalue weighted by Crippen LogP contribution is 2.33. The Morgan fingerprint density at radius 1 is 1.07 bits per heavy atom. The number of halogens is 1.